The first kappa shape index (κ1) is 21.2. The molecule has 136 valence electrons. The summed E-state index contributed by atoms with van der Waals surface area (Å²) in [6.07, 6.45) is 3.42. The van der Waals surface area contributed by atoms with Crippen LogP contribution in [0.1, 0.15) is 25.7 Å². The topological polar surface area (TPSA) is 101 Å². The van der Waals surface area contributed by atoms with Gasteiger partial charge in [-0.15, -0.1) is 12.4 Å². The van der Waals surface area contributed by atoms with Crippen molar-refractivity contribution in [3.05, 3.63) is 29.3 Å². The minimum absolute atomic E-state index is 0. The lowest BCUT2D eigenvalue weighted by atomic mass is 10.00. The number of carbonyl (C=O) groups excluding carboxylic acids is 1. The second kappa shape index (κ2) is 9.58. The summed E-state index contributed by atoms with van der Waals surface area (Å²) >= 11 is 5.79. The molecule has 2 rings (SSSR count). The highest BCUT2D eigenvalue weighted by molar-refractivity contribution is 7.89. The number of sulfonamides is 1. The Labute approximate surface area is 154 Å². The number of carbonyl (C=O) groups is 1. The first-order valence-corrected chi connectivity index (χ1v) is 9.52. The molecule has 0 spiro atoms. The Kier molecular flexibility index (Phi) is 8.45. The van der Waals surface area contributed by atoms with E-state index in [4.69, 9.17) is 17.3 Å². The third kappa shape index (κ3) is 6.22. The summed E-state index contributed by atoms with van der Waals surface area (Å²) in [6, 6.07) is 6.12. The molecule has 1 aromatic rings. The maximum atomic E-state index is 12.1. The van der Waals surface area contributed by atoms with Gasteiger partial charge in [0, 0.05) is 30.6 Å². The number of amides is 1. The zero-order chi connectivity index (χ0) is 16.9. The number of benzene rings is 1. The van der Waals surface area contributed by atoms with Crippen LogP contribution in [0.3, 0.4) is 0 Å². The van der Waals surface area contributed by atoms with E-state index in [2.05, 4.69) is 10.0 Å². The highest BCUT2D eigenvalue weighted by Crippen LogP contribution is 2.26. The molecule has 0 saturated heterocycles. The fraction of sp³-hybridized carbons (Fsp3) is 0.533. The Bertz CT molecular complexity index is 655. The number of nitrogens with two attached hydrogens (primary N) is 1. The van der Waals surface area contributed by atoms with Crippen molar-refractivity contribution in [2.24, 2.45) is 11.7 Å². The van der Waals surface area contributed by atoms with E-state index >= 15 is 0 Å². The highest BCUT2D eigenvalue weighted by atomic mass is 35.5. The molecule has 9 heteroatoms. The van der Waals surface area contributed by atoms with Crippen LogP contribution in [0.15, 0.2) is 29.2 Å². The van der Waals surface area contributed by atoms with Crippen LogP contribution < -0.4 is 15.8 Å². The van der Waals surface area contributed by atoms with E-state index in [-0.39, 0.29) is 48.3 Å². The number of halogens is 2. The lowest BCUT2D eigenvalue weighted by Crippen LogP contribution is -2.36. The van der Waals surface area contributed by atoms with Gasteiger partial charge < -0.3 is 11.1 Å². The van der Waals surface area contributed by atoms with Crippen molar-refractivity contribution in [3.63, 3.8) is 0 Å². The summed E-state index contributed by atoms with van der Waals surface area (Å²) in [5, 5.41) is 3.07. The third-order valence-corrected chi connectivity index (χ3v) is 5.70. The SMILES string of the molecule is Cl.N[C@@H]1CCC[C@H]1CC(=O)NCCNS(=O)(=O)c1cccc(Cl)c1. The van der Waals surface area contributed by atoms with Crippen LogP contribution in [-0.2, 0) is 14.8 Å². The maximum Gasteiger partial charge on any atom is 0.240 e. The minimum atomic E-state index is -3.62. The smallest absolute Gasteiger partial charge is 0.240 e. The first-order chi connectivity index (χ1) is 10.9. The molecule has 1 saturated carbocycles. The zero-order valence-electron chi connectivity index (χ0n) is 13.2. The Morgan fingerprint density at radius 2 is 2.04 bits per heavy atom. The third-order valence-electron chi connectivity index (χ3n) is 4.01. The summed E-state index contributed by atoms with van der Waals surface area (Å²) in [5.74, 6) is 0.146. The van der Waals surface area contributed by atoms with Crippen molar-refractivity contribution >= 4 is 39.9 Å². The minimum Gasteiger partial charge on any atom is -0.355 e. The van der Waals surface area contributed by atoms with Crippen LogP contribution in [0.25, 0.3) is 0 Å². The monoisotopic (exact) mass is 395 g/mol. The Balaban J connectivity index is 0.00000288. The summed E-state index contributed by atoms with van der Waals surface area (Å²) in [5.41, 5.74) is 5.93. The van der Waals surface area contributed by atoms with E-state index in [1.54, 1.807) is 12.1 Å². The van der Waals surface area contributed by atoms with Crippen molar-refractivity contribution in [1.29, 1.82) is 0 Å². The largest absolute Gasteiger partial charge is 0.355 e. The zero-order valence-corrected chi connectivity index (χ0v) is 15.6. The Hall–Kier alpha value is -0.860. The van der Waals surface area contributed by atoms with Gasteiger partial charge in [-0.05, 0) is 37.0 Å². The first-order valence-electron chi connectivity index (χ1n) is 7.66. The molecule has 1 aliphatic rings. The molecule has 2 atom stereocenters. The van der Waals surface area contributed by atoms with Gasteiger partial charge in [0.25, 0.3) is 0 Å². The van der Waals surface area contributed by atoms with Gasteiger partial charge in [-0.25, -0.2) is 13.1 Å². The molecule has 1 aliphatic carbocycles. The van der Waals surface area contributed by atoms with Crippen LogP contribution in [-0.4, -0.2) is 33.5 Å². The van der Waals surface area contributed by atoms with Crippen LogP contribution >= 0.6 is 24.0 Å². The molecule has 0 bridgehead atoms. The fourth-order valence-electron chi connectivity index (χ4n) is 2.73. The Morgan fingerprint density at radius 1 is 1.29 bits per heavy atom. The van der Waals surface area contributed by atoms with Gasteiger partial charge in [-0.1, -0.05) is 24.1 Å². The summed E-state index contributed by atoms with van der Waals surface area (Å²) < 4.78 is 26.5. The lowest BCUT2D eigenvalue weighted by Gasteiger charge is -2.14. The highest BCUT2D eigenvalue weighted by Gasteiger charge is 2.25. The van der Waals surface area contributed by atoms with E-state index in [0.717, 1.165) is 19.3 Å². The second-order valence-electron chi connectivity index (χ2n) is 5.76. The molecule has 0 unspecified atom stereocenters. The van der Waals surface area contributed by atoms with E-state index in [0.29, 0.717) is 11.4 Å². The molecule has 1 amide bonds. The van der Waals surface area contributed by atoms with Crippen LogP contribution in [0.2, 0.25) is 5.02 Å². The summed E-state index contributed by atoms with van der Waals surface area (Å²) in [4.78, 5) is 11.9. The van der Waals surface area contributed by atoms with E-state index in [1.165, 1.54) is 12.1 Å². The van der Waals surface area contributed by atoms with Crippen molar-refractivity contribution in [2.75, 3.05) is 13.1 Å². The van der Waals surface area contributed by atoms with Gasteiger partial charge in [0.2, 0.25) is 15.9 Å². The lowest BCUT2D eigenvalue weighted by molar-refractivity contribution is -0.122. The second-order valence-corrected chi connectivity index (χ2v) is 7.97. The van der Waals surface area contributed by atoms with Gasteiger partial charge in [-0.2, -0.15) is 0 Å². The van der Waals surface area contributed by atoms with E-state index in [9.17, 15) is 13.2 Å². The van der Waals surface area contributed by atoms with Crippen LogP contribution in [0, 0.1) is 5.92 Å². The van der Waals surface area contributed by atoms with Crippen molar-refractivity contribution < 1.29 is 13.2 Å². The molecule has 0 aromatic heterocycles. The van der Waals surface area contributed by atoms with Crippen LogP contribution in [0.4, 0.5) is 0 Å². The Morgan fingerprint density at radius 3 is 2.67 bits per heavy atom. The summed E-state index contributed by atoms with van der Waals surface area (Å²) in [7, 11) is -3.62. The van der Waals surface area contributed by atoms with Gasteiger partial charge in [0.15, 0.2) is 0 Å². The van der Waals surface area contributed by atoms with Crippen molar-refractivity contribution in [3.8, 4) is 0 Å². The molecule has 4 N–H and O–H groups in total. The predicted molar refractivity (Wildman–Crippen MR) is 96.8 cm³/mol. The molecular weight excluding hydrogens is 373 g/mol. The molecule has 0 aliphatic heterocycles. The maximum absolute atomic E-state index is 12.1. The molecule has 1 aromatic carbocycles. The molecule has 24 heavy (non-hydrogen) atoms. The standard InChI is InChI=1S/C15H22ClN3O3S.ClH/c16-12-4-2-5-13(10-12)23(21,22)19-8-7-18-15(20)9-11-3-1-6-14(11)17;/h2,4-5,10-11,14,19H,1,3,6-9,17H2,(H,18,20);1H/t11-,14+;/m0./s1. The molecular formula is C15H23Cl2N3O3S. The summed E-state index contributed by atoms with van der Waals surface area (Å²) in [6.45, 7) is 0.359. The van der Waals surface area contributed by atoms with Crippen molar-refractivity contribution in [2.45, 2.75) is 36.6 Å². The average Bonchev–Trinajstić information content (AvgIpc) is 2.89. The predicted octanol–water partition coefficient (Wildman–Crippen LogP) is 1.67. The molecule has 1 fully saturated rings. The average molecular weight is 396 g/mol. The van der Waals surface area contributed by atoms with E-state index in [1.807, 2.05) is 0 Å². The van der Waals surface area contributed by atoms with Gasteiger partial charge in [-0.3, -0.25) is 4.79 Å². The molecule has 0 heterocycles. The molecule has 0 radical (unpaired) electrons. The normalized spacial score (nSPS) is 20.4. The quantitative estimate of drug-likeness (QED) is 0.611. The van der Waals surface area contributed by atoms with Gasteiger partial charge >= 0.3 is 0 Å². The number of rotatable bonds is 7. The van der Waals surface area contributed by atoms with Crippen LogP contribution in [0.5, 0.6) is 0 Å². The van der Waals surface area contributed by atoms with Gasteiger partial charge in [0.05, 0.1) is 4.90 Å². The van der Waals surface area contributed by atoms with E-state index < -0.39 is 10.0 Å². The molecule has 6 nitrogen and oxygen atoms in total. The number of nitrogens with one attached hydrogen (secondary N) is 2. The number of hydrogen-bond donors (Lipinski definition) is 3. The number of hydrogen-bond acceptors (Lipinski definition) is 4. The van der Waals surface area contributed by atoms with Crippen molar-refractivity contribution in [1.82, 2.24) is 10.0 Å². The fourth-order valence-corrected chi connectivity index (χ4v) is 4.07. The van der Waals surface area contributed by atoms with Gasteiger partial charge in [0.1, 0.15) is 0 Å².